The molecule has 0 unspecified atom stereocenters. The van der Waals surface area contributed by atoms with Crippen LogP contribution in [0.3, 0.4) is 0 Å². The first kappa shape index (κ1) is 15.4. The van der Waals surface area contributed by atoms with Crippen LogP contribution in [-0.4, -0.2) is 24.3 Å². The van der Waals surface area contributed by atoms with Crippen LogP contribution in [0.5, 0.6) is 0 Å². The highest BCUT2D eigenvalue weighted by atomic mass is 32.2. The molecule has 26 heavy (non-hydrogen) atoms. The van der Waals surface area contributed by atoms with E-state index in [0.717, 1.165) is 21.8 Å². The van der Waals surface area contributed by atoms with Gasteiger partial charge in [0.1, 0.15) is 6.33 Å². The lowest BCUT2D eigenvalue weighted by molar-refractivity contribution is 0.134. The molecule has 7 nitrogen and oxygen atoms in total. The van der Waals surface area contributed by atoms with Crippen molar-refractivity contribution in [2.45, 2.75) is 23.5 Å². The van der Waals surface area contributed by atoms with E-state index < -0.39 is 0 Å². The second kappa shape index (κ2) is 6.15. The Morgan fingerprint density at radius 1 is 1.12 bits per heavy atom. The third kappa shape index (κ3) is 2.63. The van der Waals surface area contributed by atoms with E-state index in [1.165, 1.54) is 22.9 Å². The number of nitrogens with zero attached hydrogens (tertiary/aromatic N) is 5. The lowest BCUT2D eigenvalue weighted by Crippen LogP contribution is -1.97. The summed E-state index contributed by atoms with van der Waals surface area (Å²) in [4.78, 5) is 4.48. The van der Waals surface area contributed by atoms with Crippen molar-refractivity contribution < 1.29 is 9.15 Å². The molecule has 130 valence electrons. The van der Waals surface area contributed by atoms with Crippen molar-refractivity contribution in [1.29, 1.82) is 0 Å². The van der Waals surface area contributed by atoms with Crippen LogP contribution in [0.25, 0.3) is 17.3 Å². The Balaban J connectivity index is 1.47. The summed E-state index contributed by atoms with van der Waals surface area (Å²) in [5, 5.41) is 9.46. The summed E-state index contributed by atoms with van der Waals surface area (Å²) in [7, 11) is 1.90. The SMILES string of the molecule is Cn1cnnc1Sc1ccc(-c2nccn2-c2ccc3c(c2)COC3)o1. The van der Waals surface area contributed by atoms with Crippen LogP contribution < -0.4 is 0 Å². The molecule has 0 N–H and O–H groups in total. The number of furan rings is 1. The van der Waals surface area contributed by atoms with Crippen molar-refractivity contribution in [2.75, 3.05) is 0 Å². The molecule has 8 heteroatoms. The molecule has 0 saturated heterocycles. The number of imidazole rings is 1. The van der Waals surface area contributed by atoms with Gasteiger partial charge in [-0.15, -0.1) is 10.2 Å². The quantitative estimate of drug-likeness (QED) is 0.552. The average Bonchev–Trinajstić information content (AvgIpc) is 3.42. The van der Waals surface area contributed by atoms with Gasteiger partial charge < -0.3 is 13.7 Å². The second-order valence-electron chi connectivity index (χ2n) is 6.01. The van der Waals surface area contributed by atoms with E-state index in [1.807, 2.05) is 34.5 Å². The highest BCUT2D eigenvalue weighted by Gasteiger charge is 2.16. The minimum absolute atomic E-state index is 0.659. The average molecular weight is 365 g/mol. The molecule has 3 aromatic heterocycles. The fraction of sp³-hybridized carbons (Fsp3) is 0.167. The van der Waals surface area contributed by atoms with Crippen LogP contribution in [0.1, 0.15) is 11.1 Å². The molecule has 5 rings (SSSR count). The number of benzene rings is 1. The molecule has 0 spiro atoms. The number of rotatable bonds is 4. The molecule has 0 bridgehead atoms. The van der Waals surface area contributed by atoms with E-state index in [0.29, 0.717) is 19.0 Å². The summed E-state index contributed by atoms with van der Waals surface area (Å²) in [5.41, 5.74) is 3.51. The van der Waals surface area contributed by atoms with Gasteiger partial charge in [0.05, 0.1) is 13.2 Å². The van der Waals surface area contributed by atoms with Gasteiger partial charge in [-0.2, -0.15) is 0 Å². The number of aryl methyl sites for hydroxylation is 1. The highest BCUT2D eigenvalue weighted by molar-refractivity contribution is 7.99. The third-order valence-corrected chi connectivity index (χ3v) is 5.26. The van der Waals surface area contributed by atoms with Gasteiger partial charge >= 0.3 is 0 Å². The van der Waals surface area contributed by atoms with E-state index >= 15 is 0 Å². The van der Waals surface area contributed by atoms with Crippen LogP contribution in [0.15, 0.2) is 63.7 Å². The van der Waals surface area contributed by atoms with Gasteiger partial charge in [-0.3, -0.25) is 4.57 Å². The Bertz CT molecular complexity index is 1080. The first-order valence-electron chi connectivity index (χ1n) is 8.13. The van der Waals surface area contributed by atoms with Crippen LogP contribution >= 0.6 is 11.8 Å². The lowest BCUT2D eigenvalue weighted by Gasteiger charge is -2.08. The topological polar surface area (TPSA) is 70.9 Å². The zero-order chi connectivity index (χ0) is 17.5. The maximum absolute atomic E-state index is 5.98. The zero-order valence-electron chi connectivity index (χ0n) is 14.0. The minimum Gasteiger partial charge on any atom is -0.446 e. The zero-order valence-corrected chi connectivity index (χ0v) is 14.8. The summed E-state index contributed by atoms with van der Waals surface area (Å²) in [6.07, 6.45) is 5.37. The number of hydrogen-bond donors (Lipinski definition) is 0. The molecular weight excluding hydrogens is 350 g/mol. The largest absolute Gasteiger partial charge is 0.446 e. The molecule has 0 saturated carbocycles. The van der Waals surface area contributed by atoms with Crippen molar-refractivity contribution in [3.63, 3.8) is 0 Å². The van der Waals surface area contributed by atoms with Gasteiger partial charge in [0.25, 0.3) is 0 Å². The van der Waals surface area contributed by atoms with Gasteiger partial charge in [-0.1, -0.05) is 6.07 Å². The van der Waals surface area contributed by atoms with E-state index in [1.54, 1.807) is 12.5 Å². The van der Waals surface area contributed by atoms with Crippen LogP contribution in [0, 0.1) is 0 Å². The number of hydrogen-bond acceptors (Lipinski definition) is 6. The minimum atomic E-state index is 0.659. The first-order chi connectivity index (χ1) is 12.8. The second-order valence-corrected chi connectivity index (χ2v) is 6.98. The van der Waals surface area contributed by atoms with Crippen molar-refractivity contribution in [3.05, 3.63) is 60.2 Å². The fourth-order valence-corrected chi connectivity index (χ4v) is 3.68. The van der Waals surface area contributed by atoms with Crippen molar-refractivity contribution >= 4 is 11.8 Å². The Labute approximate surface area is 153 Å². The molecule has 0 fully saturated rings. The number of fused-ring (bicyclic) bond motifs is 1. The normalized spacial score (nSPS) is 13.3. The third-order valence-electron chi connectivity index (χ3n) is 4.29. The van der Waals surface area contributed by atoms with Gasteiger partial charge in [0.15, 0.2) is 21.8 Å². The van der Waals surface area contributed by atoms with Crippen molar-refractivity contribution in [2.24, 2.45) is 7.05 Å². The van der Waals surface area contributed by atoms with E-state index in [2.05, 4.69) is 33.4 Å². The molecule has 0 radical (unpaired) electrons. The maximum atomic E-state index is 5.98. The number of ether oxygens (including phenoxy) is 1. The monoisotopic (exact) mass is 365 g/mol. The van der Waals surface area contributed by atoms with E-state index in [-0.39, 0.29) is 0 Å². The Morgan fingerprint density at radius 3 is 2.92 bits per heavy atom. The molecular formula is C18H15N5O2S. The van der Waals surface area contributed by atoms with Gasteiger partial charge in [0, 0.05) is 25.1 Å². The van der Waals surface area contributed by atoms with Gasteiger partial charge in [-0.05, 0) is 47.2 Å². The van der Waals surface area contributed by atoms with Gasteiger partial charge in [-0.25, -0.2) is 4.98 Å². The van der Waals surface area contributed by atoms with E-state index in [4.69, 9.17) is 9.15 Å². The highest BCUT2D eigenvalue weighted by Crippen LogP contribution is 2.32. The van der Waals surface area contributed by atoms with Crippen LogP contribution in [-0.2, 0) is 25.0 Å². The summed E-state index contributed by atoms with van der Waals surface area (Å²) >= 11 is 1.43. The standard InChI is InChI=1S/C18H15N5O2S/c1-22-11-20-21-18(22)26-16-5-4-15(25-16)17-19-6-7-23(17)14-3-2-12-9-24-10-13(12)8-14/h2-8,11H,9-10H2,1H3. The Morgan fingerprint density at radius 2 is 2.04 bits per heavy atom. The summed E-state index contributed by atoms with van der Waals surface area (Å²) in [6, 6.07) is 10.2. The summed E-state index contributed by atoms with van der Waals surface area (Å²) in [5.74, 6) is 1.46. The summed E-state index contributed by atoms with van der Waals surface area (Å²) < 4.78 is 15.4. The molecule has 1 aliphatic heterocycles. The predicted octanol–water partition coefficient (Wildman–Crippen LogP) is 3.44. The molecule has 0 aliphatic carbocycles. The smallest absolute Gasteiger partial charge is 0.198 e. The van der Waals surface area contributed by atoms with E-state index in [9.17, 15) is 0 Å². The Kier molecular flexibility index (Phi) is 3.65. The van der Waals surface area contributed by atoms with Crippen LogP contribution in [0.2, 0.25) is 0 Å². The Hall–Kier alpha value is -2.84. The summed E-state index contributed by atoms with van der Waals surface area (Å²) in [6.45, 7) is 1.35. The first-order valence-corrected chi connectivity index (χ1v) is 8.95. The van der Waals surface area contributed by atoms with Crippen molar-refractivity contribution in [1.82, 2.24) is 24.3 Å². The maximum Gasteiger partial charge on any atom is 0.198 e. The molecule has 4 aromatic rings. The molecule has 1 aromatic carbocycles. The van der Waals surface area contributed by atoms with Crippen molar-refractivity contribution in [3.8, 4) is 17.3 Å². The molecule has 0 atom stereocenters. The molecule has 0 amide bonds. The molecule has 1 aliphatic rings. The van der Waals surface area contributed by atoms with Gasteiger partial charge in [0.2, 0.25) is 0 Å². The molecule has 4 heterocycles. The number of aromatic nitrogens is 5. The fourth-order valence-electron chi connectivity index (χ4n) is 2.95. The lowest BCUT2D eigenvalue weighted by atomic mass is 10.1. The predicted molar refractivity (Wildman–Crippen MR) is 94.9 cm³/mol. The van der Waals surface area contributed by atoms with Crippen LogP contribution in [0.4, 0.5) is 0 Å².